The quantitative estimate of drug-likeness (QED) is 0.233. The molecule has 0 heterocycles. The average Bonchev–Trinajstić information content (AvgIpc) is 2.83. The third-order valence-electron chi connectivity index (χ3n) is 4.53. The topological polar surface area (TPSA) is 95.6 Å². The van der Waals surface area contributed by atoms with Crippen molar-refractivity contribution in [2.24, 2.45) is 15.3 Å². The maximum atomic E-state index is 12.0. The standard InChI is InChI=1S/C25H20N4O3/c30-24-13-11-22(28-27-21-8-2-1-3-9-21)14-20(24)16-26-29-25(31)17-32-23-12-10-18-6-4-5-7-19(18)15-23/h1-16,30H,17H2,(H,29,31). The van der Waals surface area contributed by atoms with Crippen LogP contribution in [0, 0.1) is 0 Å². The van der Waals surface area contributed by atoms with Gasteiger partial charge in [-0.1, -0.05) is 48.5 Å². The molecule has 158 valence electrons. The highest BCUT2D eigenvalue weighted by Crippen LogP contribution is 2.24. The van der Waals surface area contributed by atoms with E-state index in [9.17, 15) is 9.90 Å². The van der Waals surface area contributed by atoms with Gasteiger partial charge in [0.2, 0.25) is 0 Å². The first kappa shape index (κ1) is 20.7. The van der Waals surface area contributed by atoms with Crippen LogP contribution in [0.2, 0.25) is 0 Å². The zero-order valence-corrected chi connectivity index (χ0v) is 17.1. The average molecular weight is 424 g/mol. The van der Waals surface area contributed by atoms with E-state index < -0.39 is 5.91 Å². The van der Waals surface area contributed by atoms with Crippen molar-refractivity contribution in [2.75, 3.05) is 6.61 Å². The molecule has 7 nitrogen and oxygen atoms in total. The molecule has 0 saturated heterocycles. The van der Waals surface area contributed by atoms with E-state index in [1.165, 1.54) is 12.3 Å². The van der Waals surface area contributed by atoms with Gasteiger partial charge in [-0.2, -0.15) is 15.3 Å². The Morgan fingerprint density at radius 2 is 1.59 bits per heavy atom. The van der Waals surface area contributed by atoms with Gasteiger partial charge in [-0.25, -0.2) is 5.43 Å². The summed E-state index contributed by atoms with van der Waals surface area (Å²) in [6.45, 7) is -0.188. The molecular weight excluding hydrogens is 404 g/mol. The minimum Gasteiger partial charge on any atom is -0.507 e. The Hall–Kier alpha value is -4.52. The molecule has 0 atom stereocenters. The molecule has 7 heteroatoms. The summed E-state index contributed by atoms with van der Waals surface area (Å²) >= 11 is 0. The van der Waals surface area contributed by atoms with Crippen LogP contribution in [0.15, 0.2) is 106 Å². The van der Waals surface area contributed by atoms with Crippen molar-refractivity contribution < 1.29 is 14.6 Å². The lowest BCUT2D eigenvalue weighted by Crippen LogP contribution is -2.24. The van der Waals surface area contributed by atoms with Crippen LogP contribution in [-0.2, 0) is 4.79 Å². The van der Waals surface area contributed by atoms with Crippen LogP contribution >= 0.6 is 0 Å². The molecule has 0 fully saturated rings. The number of hydrogen-bond donors (Lipinski definition) is 2. The fourth-order valence-electron chi connectivity index (χ4n) is 2.93. The van der Waals surface area contributed by atoms with Crippen molar-refractivity contribution in [3.8, 4) is 11.5 Å². The maximum Gasteiger partial charge on any atom is 0.277 e. The summed E-state index contributed by atoms with van der Waals surface area (Å²) < 4.78 is 5.53. The smallest absolute Gasteiger partial charge is 0.277 e. The number of phenolic OH excluding ortho intramolecular Hbond substituents is 1. The van der Waals surface area contributed by atoms with Crippen LogP contribution in [0.4, 0.5) is 11.4 Å². The van der Waals surface area contributed by atoms with Gasteiger partial charge < -0.3 is 9.84 Å². The van der Waals surface area contributed by atoms with Crippen LogP contribution in [0.25, 0.3) is 10.8 Å². The number of fused-ring (bicyclic) bond motifs is 1. The molecule has 0 spiro atoms. The summed E-state index contributed by atoms with van der Waals surface area (Å²) in [5.74, 6) is 0.180. The van der Waals surface area contributed by atoms with Gasteiger partial charge in [0.25, 0.3) is 5.91 Å². The summed E-state index contributed by atoms with van der Waals surface area (Å²) in [7, 11) is 0. The number of nitrogens with one attached hydrogen (secondary N) is 1. The Balaban J connectivity index is 1.33. The fourth-order valence-corrected chi connectivity index (χ4v) is 2.93. The maximum absolute atomic E-state index is 12.0. The lowest BCUT2D eigenvalue weighted by Gasteiger charge is -2.06. The van der Waals surface area contributed by atoms with Gasteiger partial charge >= 0.3 is 0 Å². The van der Waals surface area contributed by atoms with E-state index in [-0.39, 0.29) is 12.4 Å². The van der Waals surface area contributed by atoms with Gasteiger partial charge in [0.15, 0.2) is 6.61 Å². The first-order valence-corrected chi connectivity index (χ1v) is 9.91. The number of benzene rings is 4. The van der Waals surface area contributed by atoms with Crippen LogP contribution in [0.1, 0.15) is 5.56 Å². The van der Waals surface area contributed by atoms with Gasteiger partial charge in [0, 0.05) is 5.56 Å². The molecule has 0 saturated carbocycles. The highest BCUT2D eigenvalue weighted by atomic mass is 16.5. The number of nitrogens with zero attached hydrogens (tertiary/aromatic N) is 3. The van der Waals surface area contributed by atoms with Gasteiger partial charge in [-0.15, -0.1) is 0 Å². The molecule has 0 radical (unpaired) electrons. The van der Waals surface area contributed by atoms with E-state index in [4.69, 9.17) is 4.74 Å². The summed E-state index contributed by atoms with van der Waals surface area (Å²) in [5.41, 5.74) is 4.04. The molecule has 0 aliphatic carbocycles. The number of aromatic hydroxyl groups is 1. The monoisotopic (exact) mass is 424 g/mol. The minimum absolute atomic E-state index is 0.00840. The first-order valence-electron chi connectivity index (χ1n) is 9.91. The van der Waals surface area contributed by atoms with Crippen molar-refractivity contribution >= 4 is 34.3 Å². The van der Waals surface area contributed by atoms with Crippen molar-refractivity contribution in [3.05, 3.63) is 96.6 Å². The van der Waals surface area contributed by atoms with E-state index in [1.807, 2.05) is 72.8 Å². The van der Waals surface area contributed by atoms with Crippen LogP contribution in [0.3, 0.4) is 0 Å². The number of azo groups is 1. The first-order chi connectivity index (χ1) is 15.7. The Morgan fingerprint density at radius 3 is 2.44 bits per heavy atom. The predicted molar refractivity (Wildman–Crippen MR) is 124 cm³/mol. The zero-order chi connectivity index (χ0) is 22.2. The Kier molecular flexibility index (Phi) is 6.48. The molecule has 32 heavy (non-hydrogen) atoms. The molecule has 4 aromatic carbocycles. The highest BCUT2D eigenvalue weighted by molar-refractivity contribution is 5.87. The number of carbonyl (C=O) groups is 1. The Labute approximate surface area is 184 Å². The highest BCUT2D eigenvalue weighted by Gasteiger charge is 2.04. The second kappa shape index (κ2) is 9.99. The third kappa shape index (κ3) is 5.54. The number of carbonyl (C=O) groups excluding carboxylic acids is 1. The number of amides is 1. The van der Waals surface area contributed by atoms with Gasteiger partial charge in [0.05, 0.1) is 17.6 Å². The largest absolute Gasteiger partial charge is 0.507 e. The lowest BCUT2D eigenvalue weighted by atomic mass is 10.1. The molecule has 0 unspecified atom stereocenters. The van der Waals surface area contributed by atoms with E-state index >= 15 is 0 Å². The van der Waals surface area contributed by atoms with E-state index in [0.717, 1.165) is 16.5 Å². The fraction of sp³-hybridized carbons (Fsp3) is 0.0400. The normalized spacial score (nSPS) is 11.2. The number of ether oxygens (including phenoxy) is 1. The third-order valence-corrected chi connectivity index (χ3v) is 4.53. The van der Waals surface area contributed by atoms with Crippen molar-refractivity contribution in [2.45, 2.75) is 0 Å². The molecular formula is C25H20N4O3. The molecule has 4 aromatic rings. The molecule has 2 N–H and O–H groups in total. The van der Waals surface area contributed by atoms with Crippen molar-refractivity contribution in [3.63, 3.8) is 0 Å². The van der Waals surface area contributed by atoms with Gasteiger partial charge in [-0.05, 0) is 53.2 Å². The van der Waals surface area contributed by atoms with E-state index in [1.54, 1.807) is 12.1 Å². The van der Waals surface area contributed by atoms with E-state index in [2.05, 4.69) is 20.8 Å². The molecule has 0 aliphatic heterocycles. The number of hydrazone groups is 1. The summed E-state index contributed by atoms with van der Waals surface area (Å²) in [5, 5.41) is 24.3. The van der Waals surface area contributed by atoms with Crippen molar-refractivity contribution in [1.82, 2.24) is 5.43 Å². The molecule has 1 amide bonds. The number of phenols is 1. The Morgan fingerprint density at radius 1 is 0.844 bits per heavy atom. The minimum atomic E-state index is -0.422. The predicted octanol–water partition coefficient (Wildman–Crippen LogP) is 5.49. The van der Waals surface area contributed by atoms with Gasteiger partial charge in [0.1, 0.15) is 11.5 Å². The second-order valence-electron chi connectivity index (χ2n) is 6.87. The lowest BCUT2D eigenvalue weighted by molar-refractivity contribution is -0.123. The van der Waals surface area contributed by atoms with E-state index in [0.29, 0.717) is 17.0 Å². The van der Waals surface area contributed by atoms with Gasteiger partial charge in [-0.3, -0.25) is 4.79 Å². The number of hydrogen-bond acceptors (Lipinski definition) is 6. The van der Waals surface area contributed by atoms with Crippen LogP contribution in [-0.4, -0.2) is 23.8 Å². The van der Waals surface area contributed by atoms with Crippen LogP contribution in [0.5, 0.6) is 11.5 Å². The summed E-state index contributed by atoms with van der Waals surface area (Å²) in [6, 6.07) is 27.6. The Bertz CT molecular complexity index is 1290. The zero-order valence-electron chi connectivity index (χ0n) is 17.1. The van der Waals surface area contributed by atoms with Crippen molar-refractivity contribution in [1.29, 1.82) is 0 Å². The molecule has 0 bridgehead atoms. The second-order valence-corrected chi connectivity index (χ2v) is 6.87. The molecule has 0 aromatic heterocycles. The number of rotatable bonds is 7. The SMILES string of the molecule is O=C(COc1ccc2ccccc2c1)NN=Cc1cc(N=Nc2ccccc2)ccc1O. The van der Waals surface area contributed by atoms with Crippen LogP contribution < -0.4 is 10.2 Å². The molecule has 4 rings (SSSR count). The molecule has 0 aliphatic rings. The summed E-state index contributed by atoms with van der Waals surface area (Å²) in [4.78, 5) is 12.0. The summed E-state index contributed by atoms with van der Waals surface area (Å²) in [6.07, 6.45) is 1.34.